The predicted octanol–water partition coefficient (Wildman–Crippen LogP) is 0.594. The van der Waals surface area contributed by atoms with Crippen LogP contribution in [-0.4, -0.2) is 21.4 Å². The number of nitrogens with one attached hydrogen (secondary N) is 2. The van der Waals surface area contributed by atoms with Gasteiger partial charge in [-0.25, -0.2) is 9.89 Å². The van der Waals surface area contributed by atoms with Crippen molar-refractivity contribution in [3.8, 4) is 0 Å². The molecule has 0 aliphatic heterocycles. The highest BCUT2D eigenvalue weighted by Gasteiger charge is 1.97. The zero-order valence-corrected chi connectivity index (χ0v) is 6.58. The number of hydrogen-bond acceptors (Lipinski definition) is 2. The molecular weight excluding hydrogens is 169 g/mol. The summed E-state index contributed by atoms with van der Waals surface area (Å²) in [6.45, 7) is -0.111. The maximum absolute atomic E-state index is 11.7. The Morgan fingerprint density at radius 2 is 2.27 bits per heavy atom. The number of aromatic amines is 2. The minimum absolute atomic E-state index is 0.309. The van der Waals surface area contributed by atoms with Crippen molar-refractivity contribution in [3.05, 3.63) is 15.3 Å². The Morgan fingerprint density at radius 3 is 2.73 bits per heavy atom. The van der Waals surface area contributed by atoms with Crippen molar-refractivity contribution in [2.45, 2.75) is 13.0 Å². The van der Waals surface area contributed by atoms with Gasteiger partial charge in [0.15, 0.2) is 4.77 Å². The normalized spacial score (nSPS) is 10.3. The van der Waals surface area contributed by atoms with E-state index in [-0.39, 0.29) is 5.69 Å². The first-order valence-electron chi connectivity index (χ1n) is 3.19. The van der Waals surface area contributed by atoms with Gasteiger partial charge < -0.3 is 0 Å². The van der Waals surface area contributed by atoms with Crippen molar-refractivity contribution in [2.24, 2.45) is 0 Å². The molecule has 62 valence electrons. The van der Waals surface area contributed by atoms with Crippen LogP contribution in [-0.2, 0) is 6.54 Å². The molecule has 0 fully saturated rings. The van der Waals surface area contributed by atoms with Gasteiger partial charge in [-0.15, -0.1) is 0 Å². The first-order chi connectivity index (χ1) is 5.25. The summed E-state index contributed by atoms with van der Waals surface area (Å²) in [5.74, 6) is 0. The Kier molecular flexibility index (Phi) is 2.58. The van der Waals surface area contributed by atoms with E-state index >= 15 is 0 Å². The van der Waals surface area contributed by atoms with Crippen LogP contribution < -0.4 is 5.69 Å². The van der Waals surface area contributed by atoms with E-state index < -0.39 is 6.67 Å². The third-order valence-corrected chi connectivity index (χ3v) is 1.60. The number of rotatable bonds is 3. The van der Waals surface area contributed by atoms with Gasteiger partial charge in [0.25, 0.3) is 0 Å². The fraction of sp³-hybridized carbons (Fsp3) is 0.600. The van der Waals surface area contributed by atoms with Gasteiger partial charge in [0.2, 0.25) is 0 Å². The van der Waals surface area contributed by atoms with Gasteiger partial charge in [-0.1, -0.05) is 0 Å². The molecule has 0 saturated carbocycles. The number of H-pyrrole nitrogens is 2. The largest absolute Gasteiger partial charge is 0.342 e. The van der Waals surface area contributed by atoms with Crippen LogP contribution in [0.3, 0.4) is 0 Å². The summed E-state index contributed by atoms with van der Waals surface area (Å²) in [5.41, 5.74) is -0.316. The molecule has 0 spiro atoms. The van der Waals surface area contributed by atoms with Gasteiger partial charge in [-0.2, -0.15) is 0 Å². The van der Waals surface area contributed by atoms with Gasteiger partial charge in [-0.3, -0.25) is 14.1 Å². The van der Waals surface area contributed by atoms with E-state index in [4.69, 9.17) is 12.2 Å². The molecule has 0 atom stereocenters. The van der Waals surface area contributed by atoms with Crippen molar-refractivity contribution >= 4 is 12.2 Å². The molecule has 4 nitrogen and oxygen atoms in total. The van der Waals surface area contributed by atoms with Crippen molar-refractivity contribution in [1.82, 2.24) is 14.8 Å². The summed E-state index contributed by atoms with van der Waals surface area (Å²) < 4.78 is 13.3. The highest BCUT2D eigenvalue weighted by Crippen LogP contribution is 1.87. The molecule has 0 amide bonds. The third kappa shape index (κ3) is 1.76. The second-order valence-corrected chi connectivity index (χ2v) is 2.44. The minimum atomic E-state index is -0.438. The highest BCUT2D eigenvalue weighted by molar-refractivity contribution is 7.71. The number of hydrogen-bond donors (Lipinski definition) is 2. The van der Waals surface area contributed by atoms with Crippen molar-refractivity contribution in [2.75, 3.05) is 6.67 Å². The lowest BCUT2D eigenvalue weighted by molar-refractivity contribution is 0.442. The first-order valence-corrected chi connectivity index (χ1v) is 3.60. The lowest BCUT2D eigenvalue weighted by Gasteiger charge is -1.94. The molecule has 11 heavy (non-hydrogen) atoms. The second kappa shape index (κ2) is 3.47. The Balaban J connectivity index is 2.84. The number of alkyl halides is 1. The van der Waals surface area contributed by atoms with Gasteiger partial charge in [0.05, 0.1) is 6.67 Å². The van der Waals surface area contributed by atoms with Crippen LogP contribution in [0.1, 0.15) is 6.42 Å². The van der Waals surface area contributed by atoms with Crippen LogP contribution >= 0.6 is 12.2 Å². The van der Waals surface area contributed by atoms with Crippen LogP contribution in [0.15, 0.2) is 4.79 Å². The van der Waals surface area contributed by atoms with Gasteiger partial charge in [-0.05, 0) is 18.6 Å². The average Bonchev–Trinajstić information content (AvgIpc) is 2.29. The molecular formula is C5H8FN3OS. The van der Waals surface area contributed by atoms with Crippen LogP contribution in [0.25, 0.3) is 0 Å². The summed E-state index contributed by atoms with van der Waals surface area (Å²) in [4.78, 5) is 10.8. The minimum Gasteiger partial charge on any atom is -0.272 e. The Labute approximate surface area is 67.0 Å². The SMILES string of the molecule is O=c1[nH][nH]c(=S)n1CCCF. The molecule has 0 radical (unpaired) electrons. The van der Waals surface area contributed by atoms with Crippen molar-refractivity contribution < 1.29 is 4.39 Å². The van der Waals surface area contributed by atoms with Gasteiger partial charge >= 0.3 is 5.69 Å². The Morgan fingerprint density at radius 1 is 1.55 bits per heavy atom. The fourth-order valence-electron chi connectivity index (χ4n) is 0.755. The van der Waals surface area contributed by atoms with Crippen LogP contribution in [0, 0.1) is 4.77 Å². The fourth-order valence-corrected chi connectivity index (χ4v) is 0.980. The molecule has 0 bridgehead atoms. The number of halogens is 1. The van der Waals surface area contributed by atoms with E-state index in [0.717, 1.165) is 0 Å². The molecule has 1 heterocycles. The summed E-state index contributed by atoms with van der Waals surface area (Å²) in [7, 11) is 0. The summed E-state index contributed by atoms with van der Waals surface area (Å²) in [5, 5.41) is 4.77. The van der Waals surface area contributed by atoms with Gasteiger partial charge in [0, 0.05) is 6.54 Å². The molecule has 0 unspecified atom stereocenters. The second-order valence-electron chi connectivity index (χ2n) is 2.05. The molecule has 0 aromatic carbocycles. The molecule has 6 heteroatoms. The van der Waals surface area contributed by atoms with E-state index in [1.54, 1.807) is 0 Å². The number of aromatic nitrogens is 3. The molecule has 0 aliphatic rings. The molecule has 1 aromatic heterocycles. The van der Waals surface area contributed by atoms with E-state index in [1.165, 1.54) is 4.57 Å². The maximum atomic E-state index is 11.7. The molecule has 0 aliphatic carbocycles. The average molecular weight is 177 g/mol. The lowest BCUT2D eigenvalue weighted by atomic mass is 10.5. The van der Waals surface area contributed by atoms with Gasteiger partial charge in [0.1, 0.15) is 0 Å². The molecule has 0 saturated heterocycles. The summed E-state index contributed by atoms with van der Waals surface area (Å²) in [6, 6.07) is 0. The molecule has 1 rings (SSSR count). The van der Waals surface area contributed by atoms with Crippen LogP contribution in [0.4, 0.5) is 4.39 Å². The Hall–Kier alpha value is -0.910. The number of nitrogens with zero attached hydrogens (tertiary/aromatic N) is 1. The van der Waals surface area contributed by atoms with E-state index in [1.807, 2.05) is 0 Å². The summed E-state index contributed by atoms with van der Waals surface area (Å²) >= 11 is 4.74. The predicted molar refractivity (Wildman–Crippen MR) is 40.8 cm³/mol. The van der Waals surface area contributed by atoms with E-state index in [0.29, 0.717) is 17.7 Å². The molecule has 2 N–H and O–H groups in total. The summed E-state index contributed by atoms with van der Waals surface area (Å²) in [6.07, 6.45) is 0.315. The quantitative estimate of drug-likeness (QED) is 0.664. The van der Waals surface area contributed by atoms with Crippen molar-refractivity contribution in [1.29, 1.82) is 0 Å². The lowest BCUT2D eigenvalue weighted by Crippen LogP contribution is -2.17. The zero-order valence-electron chi connectivity index (χ0n) is 5.76. The van der Waals surface area contributed by atoms with Crippen LogP contribution in [0.2, 0.25) is 0 Å². The van der Waals surface area contributed by atoms with Crippen LogP contribution in [0.5, 0.6) is 0 Å². The van der Waals surface area contributed by atoms with E-state index in [9.17, 15) is 9.18 Å². The van der Waals surface area contributed by atoms with Crippen molar-refractivity contribution in [3.63, 3.8) is 0 Å². The topological polar surface area (TPSA) is 53.6 Å². The van der Waals surface area contributed by atoms with E-state index in [2.05, 4.69) is 10.2 Å². The molecule has 1 aromatic rings. The standard InChI is InChI=1S/C5H8FN3OS/c6-2-1-3-9-4(10)7-8-5(9)11/h1-3H2,(H,7,10)(H,8,11). The first kappa shape index (κ1) is 8.19. The third-order valence-electron chi connectivity index (χ3n) is 1.28. The monoisotopic (exact) mass is 177 g/mol. The highest BCUT2D eigenvalue weighted by atomic mass is 32.1. The Bertz CT molecular complexity index is 297. The smallest absolute Gasteiger partial charge is 0.272 e. The maximum Gasteiger partial charge on any atom is 0.342 e. The zero-order chi connectivity index (χ0) is 8.27.